The Morgan fingerprint density at radius 2 is 1.83 bits per heavy atom. The van der Waals surface area contributed by atoms with Crippen LogP contribution in [0.3, 0.4) is 0 Å². The number of alkyl carbamates (subject to hydrolysis) is 1. The lowest BCUT2D eigenvalue weighted by Crippen LogP contribution is -2.28. The van der Waals surface area contributed by atoms with Crippen molar-refractivity contribution >= 4 is 12.1 Å². The standard InChI is InChI=1S/C18H19NO5/c1-13-15(17(20)21)8-5-9-16(13)23-11-10-19-18(22)24-12-14-6-3-2-4-7-14/h2-9H,10-12H2,1H3,(H,19,22)(H,20,21). The molecule has 0 bridgehead atoms. The summed E-state index contributed by atoms with van der Waals surface area (Å²) in [5.74, 6) is -0.519. The molecule has 2 aromatic carbocycles. The number of amides is 1. The third-order valence-corrected chi connectivity index (χ3v) is 3.36. The number of carbonyl (C=O) groups is 2. The monoisotopic (exact) mass is 329 g/mol. The first kappa shape index (κ1) is 17.3. The summed E-state index contributed by atoms with van der Waals surface area (Å²) in [6.45, 7) is 2.35. The third-order valence-electron chi connectivity index (χ3n) is 3.36. The molecule has 126 valence electrons. The summed E-state index contributed by atoms with van der Waals surface area (Å²) in [6, 6.07) is 14.2. The summed E-state index contributed by atoms with van der Waals surface area (Å²) in [7, 11) is 0. The maximum absolute atomic E-state index is 11.6. The van der Waals surface area contributed by atoms with E-state index in [0.717, 1.165) is 5.56 Å². The van der Waals surface area contributed by atoms with Gasteiger partial charge in [-0.2, -0.15) is 0 Å². The Morgan fingerprint density at radius 1 is 1.08 bits per heavy atom. The third kappa shape index (κ3) is 5.01. The topological polar surface area (TPSA) is 84.9 Å². The average Bonchev–Trinajstić information content (AvgIpc) is 2.58. The molecule has 0 aliphatic carbocycles. The van der Waals surface area contributed by atoms with Crippen LogP contribution in [0.4, 0.5) is 4.79 Å². The van der Waals surface area contributed by atoms with E-state index in [0.29, 0.717) is 11.3 Å². The number of hydrogen-bond acceptors (Lipinski definition) is 4. The number of rotatable bonds is 7. The number of carboxylic acid groups (broad SMARTS) is 1. The molecular formula is C18H19NO5. The number of carboxylic acids is 1. The van der Waals surface area contributed by atoms with Crippen LogP contribution in [0.1, 0.15) is 21.5 Å². The second kappa shape index (κ2) is 8.57. The summed E-state index contributed by atoms with van der Waals surface area (Å²) in [4.78, 5) is 22.6. The highest BCUT2D eigenvalue weighted by Crippen LogP contribution is 2.21. The van der Waals surface area contributed by atoms with Gasteiger partial charge in [-0.1, -0.05) is 36.4 Å². The molecule has 0 fully saturated rings. The van der Waals surface area contributed by atoms with E-state index in [1.807, 2.05) is 30.3 Å². The zero-order chi connectivity index (χ0) is 17.4. The molecule has 24 heavy (non-hydrogen) atoms. The molecule has 1 amide bonds. The summed E-state index contributed by atoms with van der Waals surface area (Å²) in [5, 5.41) is 11.6. The van der Waals surface area contributed by atoms with Gasteiger partial charge in [0.2, 0.25) is 0 Å². The van der Waals surface area contributed by atoms with Crippen molar-refractivity contribution in [2.24, 2.45) is 0 Å². The molecular weight excluding hydrogens is 310 g/mol. The summed E-state index contributed by atoms with van der Waals surface area (Å²) in [6.07, 6.45) is -0.529. The van der Waals surface area contributed by atoms with Crippen molar-refractivity contribution in [3.63, 3.8) is 0 Å². The zero-order valence-electron chi connectivity index (χ0n) is 13.3. The minimum Gasteiger partial charge on any atom is -0.491 e. The van der Waals surface area contributed by atoms with Crippen LogP contribution in [0, 0.1) is 6.92 Å². The van der Waals surface area contributed by atoms with Crippen LogP contribution < -0.4 is 10.1 Å². The van der Waals surface area contributed by atoms with Gasteiger partial charge in [-0.25, -0.2) is 9.59 Å². The van der Waals surface area contributed by atoms with Gasteiger partial charge in [0.1, 0.15) is 19.0 Å². The highest BCUT2D eigenvalue weighted by molar-refractivity contribution is 5.90. The molecule has 0 saturated heterocycles. The van der Waals surface area contributed by atoms with E-state index in [1.54, 1.807) is 19.1 Å². The van der Waals surface area contributed by atoms with E-state index in [-0.39, 0.29) is 25.3 Å². The molecule has 0 unspecified atom stereocenters. The lowest BCUT2D eigenvalue weighted by molar-refractivity contribution is 0.0695. The molecule has 0 atom stereocenters. The fourth-order valence-electron chi connectivity index (χ4n) is 2.09. The number of hydrogen-bond donors (Lipinski definition) is 2. The lowest BCUT2D eigenvalue weighted by atomic mass is 10.1. The average molecular weight is 329 g/mol. The first-order chi connectivity index (χ1) is 11.6. The van der Waals surface area contributed by atoms with Crippen LogP contribution in [0.25, 0.3) is 0 Å². The van der Waals surface area contributed by atoms with Gasteiger partial charge in [-0.3, -0.25) is 0 Å². The van der Waals surface area contributed by atoms with E-state index < -0.39 is 12.1 Å². The minimum atomic E-state index is -0.999. The van der Waals surface area contributed by atoms with Gasteiger partial charge in [0.15, 0.2) is 0 Å². The second-order valence-corrected chi connectivity index (χ2v) is 5.07. The molecule has 0 radical (unpaired) electrons. The molecule has 0 aliphatic rings. The van der Waals surface area contributed by atoms with Gasteiger partial charge >= 0.3 is 12.1 Å². The van der Waals surface area contributed by atoms with Crippen molar-refractivity contribution in [2.45, 2.75) is 13.5 Å². The van der Waals surface area contributed by atoms with E-state index in [2.05, 4.69) is 5.32 Å². The van der Waals surface area contributed by atoms with Crippen LogP contribution in [0.2, 0.25) is 0 Å². The number of nitrogens with one attached hydrogen (secondary N) is 1. The van der Waals surface area contributed by atoms with Gasteiger partial charge < -0.3 is 19.9 Å². The number of aromatic carboxylic acids is 1. The lowest BCUT2D eigenvalue weighted by Gasteiger charge is -2.11. The predicted molar refractivity (Wildman–Crippen MR) is 88.3 cm³/mol. The Morgan fingerprint density at radius 3 is 2.54 bits per heavy atom. The van der Waals surface area contributed by atoms with Gasteiger partial charge in [0.25, 0.3) is 0 Å². The highest BCUT2D eigenvalue weighted by Gasteiger charge is 2.10. The SMILES string of the molecule is Cc1c(OCCNC(=O)OCc2ccccc2)cccc1C(=O)O. The normalized spacial score (nSPS) is 10.0. The van der Waals surface area contributed by atoms with Crippen LogP contribution in [0.5, 0.6) is 5.75 Å². The summed E-state index contributed by atoms with van der Waals surface area (Å²) < 4.78 is 10.6. The van der Waals surface area contributed by atoms with Gasteiger partial charge in [0.05, 0.1) is 12.1 Å². The van der Waals surface area contributed by atoms with Crippen molar-refractivity contribution in [3.05, 3.63) is 65.2 Å². The smallest absolute Gasteiger partial charge is 0.407 e. The summed E-state index contributed by atoms with van der Waals surface area (Å²) in [5.41, 5.74) is 1.66. The van der Waals surface area contributed by atoms with Crippen LogP contribution in [0.15, 0.2) is 48.5 Å². The number of ether oxygens (including phenoxy) is 2. The van der Waals surface area contributed by atoms with E-state index >= 15 is 0 Å². The fraction of sp³-hybridized carbons (Fsp3) is 0.222. The molecule has 2 N–H and O–H groups in total. The molecule has 2 aromatic rings. The highest BCUT2D eigenvalue weighted by atomic mass is 16.5. The molecule has 0 spiro atoms. The maximum atomic E-state index is 11.6. The van der Waals surface area contributed by atoms with Crippen LogP contribution >= 0.6 is 0 Å². The number of benzene rings is 2. The summed E-state index contributed by atoms with van der Waals surface area (Å²) >= 11 is 0. The second-order valence-electron chi connectivity index (χ2n) is 5.07. The van der Waals surface area contributed by atoms with Gasteiger partial charge in [-0.05, 0) is 24.6 Å². The Bertz CT molecular complexity index is 700. The largest absolute Gasteiger partial charge is 0.491 e. The van der Waals surface area contributed by atoms with Gasteiger partial charge in [0, 0.05) is 5.56 Å². The molecule has 0 aromatic heterocycles. The Labute approximate surface area is 140 Å². The molecule has 0 heterocycles. The Kier molecular flexibility index (Phi) is 6.19. The van der Waals surface area contributed by atoms with E-state index in [1.165, 1.54) is 6.07 Å². The van der Waals surface area contributed by atoms with E-state index in [9.17, 15) is 9.59 Å². The fourth-order valence-corrected chi connectivity index (χ4v) is 2.09. The molecule has 0 aliphatic heterocycles. The zero-order valence-corrected chi connectivity index (χ0v) is 13.3. The van der Waals surface area contributed by atoms with E-state index in [4.69, 9.17) is 14.6 Å². The van der Waals surface area contributed by atoms with Crippen molar-refractivity contribution in [2.75, 3.05) is 13.2 Å². The molecule has 6 nitrogen and oxygen atoms in total. The van der Waals surface area contributed by atoms with Crippen molar-refractivity contribution < 1.29 is 24.2 Å². The number of carbonyl (C=O) groups excluding carboxylic acids is 1. The van der Waals surface area contributed by atoms with Gasteiger partial charge in [-0.15, -0.1) is 0 Å². The predicted octanol–water partition coefficient (Wildman–Crippen LogP) is 3.00. The van der Waals surface area contributed by atoms with Crippen molar-refractivity contribution in [1.29, 1.82) is 0 Å². The maximum Gasteiger partial charge on any atom is 0.407 e. The quantitative estimate of drug-likeness (QED) is 0.763. The van der Waals surface area contributed by atoms with Crippen LogP contribution in [-0.4, -0.2) is 30.3 Å². The first-order valence-corrected chi connectivity index (χ1v) is 7.48. The minimum absolute atomic E-state index is 0.197. The molecule has 2 rings (SSSR count). The van der Waals surface area contributed by atoms with Crippen LogP contribution in [-0.2, 0) is 11.3 Å². The Balaban J connectivity index is 1.72. The Hall–Kier alpha value is -3.02. The van der Waals surface area contributed by atoms with Crippen molar-refractivity contribution in [3.8, 4) is 5.75 Å². The first-order valence-electron chi connectivity index (χ1n) is 7.48. The molecule has 6 heteroatoms. The molecule has 0 saturated carbocycles. The van der Waals surface area contributed by atoms with Crippen molar-refractivity contribution in [1.82, 2.24) is 5.32 Å².